The molecule has 1 heterocycles. The molecule has 110 valence electrons. The van der Waals surface area contributed by atoms with E-state index in [0.29, 0.717) is 19.5 Å². The molecule has 6 nitrogen and oxygen atoms in total. The van der Waals surface area contributed by atoms with Crippen molar-refractivity contribution in [1.82, 2.24) is 4.72 Å². The van der Waals surface area contributed by atoms with E-state index < -0.39 is 16.0 Å². The number of hydrogen-bond donors (Lipinski definition) is 2. The molecule has 0 aliphatic heterocycles. The molecule has 0 aromatic carbocycles. The zero-order valence-corrected chi connectivity index (χ0v) is 12.9. The molecule has 0 atom stereocenters. The molecule has 0 saturated carbocycles. The SMILES string of the molecule is COC(=O)c1cc(S(=O)(=O)NCCCCN)cs1.Cl. The first-order valence-electron chi connectivity index (χ1n) is 5.38. The van der Waals surface area contributed by atoms with Crippen molar-refractivity contribution in [3.05, 3.63) is 16.3 Å². The number of unbranched alkanes of at least 4 members (excludes halogenated alkanes) is 1. The highest BCUT2D eigenvalue weighted by Gasteiger charge is 2.18. The maximum Gasteiger partial charge on any atom is 0.348 e. The van der Waals surface area contributed by atoms with Gasteiger partial charge in [-0.15, -0.1) is 23.7 Å². The van der Waals surface area contributed by atoms with Crippen LogP contribution in [0.4, 0.5) is 0 Å². The minimum absolute atomic E-state index is 0. The highest BCUT2D eigenvalue weighted by Crippen LogP contribution is 2.19. The third-order valence-electron chi connectivity index (χ3n) is 2.20. The number of nitrogens with one attached hydrogen (secondary N) is 1. The second-order valence-corrected chi connectivity index (χ2v) is 6.21. The third kappa shape index (κ3) is 5.45. The maximum absolute atomic E-state index is 11.8. The molecule has 0 bridgehead atoms. The summed E-state index contributed by atoms with van der Waals surface area (Å²) in [6.07, 6.45) is 1.45. The van der Waals surface area contributed by atoms with Gasteiger partial charge in [-0.2, -0.15) is 0 Å². The van der Waals surface area contributed by atoms with Crippen molar-refractivity contribution in [1.29, 1.82) is 0 Å². The summed E-state index contributed by atoms with van der Waals surface area (Å²) < 4.78 is 30.6. The summed E-state index contributed by atoms with van der Waals surface area (Å²) in [6, 6.07) is 1.31. The van der Waals surface area contributed by atoms with Gasteiger partial charge in [0.1, 0.15) is 4.88 Å². The van der Waals surface area contributed by atoms with Crippen molar-refractivity contribution in [2.75, 3.05) is 20.2 Å². The second-order valence-electron chi connectivity index (χ2n) is 3.53. The van der Waals surface area contributed by atoms with Crippen LogP contribution in [0.5, 0.6) is 0 Å². The lowest BCUT2D eigenvalue weighted by molar-refractivity contribution is 0.0606. The van der Waals surface area contributed by atoms with Crippen LogP contribution in [0.15, 0.2) is 16.3 Å². The normalized spacial score (nSPS) is 10.8. The standard InChI is InChI=1S/C10H16N2O4S2.ClH/c1-16-10(13)9-6-8(7-17-9)18(14,15)12-5-3-2-4-11;/h6-7,12H,2-5,11H2,1H3;1H. The summed E-state index contributed by atoms with van der Waals surface area (Å²) in [7, 11) is -2.30. The molecule has 0 amide bonds. The van der Waals surface area contributed by atoms with Gasteiger partial charge in [0.15, 0.2) is 0 Å². The Kier molecular flexibility index (Phi) is 8.19. The summed E-state index contributed by atoms with van der Waals surface area (Å²) in [4.78, 5) is 11.6. The molecule has 1 aromatic heterocycles. The van der Waals surface area contributed by atoms with Gasteiger partial charge in [-0.3, -0.25) is 0 Å². The van der Waals surface area contributed by atoms with Crippen LogP contribution in [0.2, 0.25) is 0 Å². The average molecular weight is 329 g/mol. The zero-order chi connectivity index (χ0) is 13.6. The lowest BCUT2D eigenvalue weighted by Crippen LogP contribution is -2.24. The maximum atomic E-state index is 11.8. The fourth-order valence-corrected chi connectivity index (χ4v) is 3.49. The lowest BCUT2D eigenvalue weighted by atomic mass is 10.3. The zero-order valence-electron chi connectivity index (χ0n) is 10.4. The van der Waals surface area contributed by atoms with E-state index >= 15 is 0 Å². The van der Waals surface area contributed by atoms with E-state index in [1.165, 1.54) is 18.6 Å². The predicted octanol–water partition coefficient (Wildman–Crippen LogP) is 0.974. The van der Waals surface area contributed by atoms with E-state index in [9.17, 15) is 13.2 Å². The number of rotatable bonds is 7. The molecular formula is C10H17ClN2O4S2. The van der Waals surface area contributed by atoms with Gasteiger partial charge < -0.3 is 10.5 Å². The Balaban J connectivity index is 0.00000324. The molecule has 0 fully saturated rings. The molecule has 19 heavy (non-hydrogen) atoms. The van der Waals surface area contributed by atoms with Crippen LogP contribution in [-0.2, 0) is 14.8 Å². The van der Waals surface area contributed by atoms with Crippen molar-refractivity contribution in [2.45, 2.75) is 17.7 Å². The molecule has 1 rings (SSSR count). The Hall–Kier alpha value is -0.670. The van der Waals surface area contributed by atoms with Crippen LogP contribution in [0.3, 0.4) is 0 Å². The van der Waals surface area contributed by atoms with Crippen LogP contribution < -0.4 is 10.5 Å². The van der Waals surface area contributed by atoms with Crippen LogP contribution in [0.1, 0.15) is 22.5 Å². The average Bonchev–Trinajstić information content (AvgIpc) is 2.84. The van der Waals surface area contributed by atoms with Gasteiger partial charge in [0, 0.05) is 11.9 Å². The number of nitrogens with two attached hydrogens (primary N) is 1. The summed E-state index contributed by atoms with van der Waals surface area (Å²) >= 11 is 1.04. The second kappa shape index (κ2) is 8.49. The number of methoxy groups -OCH3 is 1. The fourth-order valence-electron chi connectivity index (χ4n) is 1.23. The minimum Gasteiger partial charge on any atom is -0.465 e. The number of hydrogen-bond acceptors (Lipinski definition) is 6. The Bertz CT molecular complexity index is 501. The molecule has 9 heteroatoms. The number of carbonyl (C=O) groups excluding carboxylic acids is 1. The van der Waals surface area contributed by atoms with Crippen molar-refractivity contribution >= 4 is 39.7 Å². The van der Waals surface area contributed by atoms with E-state index in [2.05, 4.69) is 9.46 Å². The van der Waals surface area contributed by atoms with Gasteiger partial charge in [-0.25, -0.2) is 17.9 Å². The first-order chi connectivity index (χ1) is 8.51. The number of halogens is 1. The number of esters is 1. The van der Waals surface area contributed by atoms with E-state index in [4.69, 9.17) is 5.73 Å². The Morgan fingerprint density at radius 2 is 2.16 bits per heavy atom. The first kappa shape index (κ1) is 18.3. The lowest BCUT2D eigenvalue weighted by Gasteiger charge is -2.03. The summed E-state index contributed by atoms with van der Waals surface area (Å²) in [5.74, 6) is -0.537. The van der Waals surface area contributed by atoms with Crippen molar-refractivity contribution in [2.24, 2.45) is 5.73 Å². The summed E-state index contributed by atoms with van der Waals surface area (Å²) in [6.45, 7) is 0.871. The number of carbonyl (C=O) groups is 1. The molecule has 3 N–H and O–H groups in total. The highest BCUT2D eigenvalue weighted by atomic mass is 35.5. The van der Waals surface area contributed by atoms with Crippen LogP contribution in [0, 0.1) is 0 Å². The minimum atomic E-state index is -3.55. The predicted molar refractivity (Wildman–Crippen MR) is 76.4 cm³/mol. The Morgan fingerprint density at radius 3 is 2.74 bits per heavy atom. The summed E-state index contributed by atoms with van der Waals surface area (Å²) in [5.41, 5.74) is 5.31. The van der Waals surface area contributed by atoms with Gasteiger partial charge in [0.05, 0.1) is 12.0 Å². The number of thiophene rings is 1. The first-order valence-corrected chi connectivity index (χ1v) is 7.74. The van der Waals surface area contributed by atoms with Crippen molar-refractivity contribution < 1.29 is 17.9 Å². The summed E-state index contributed by atoms with van der Waals surface area (Å²) in [5, 5.41) is 1.41. The van der Waals surface area contributed by atoms with Crippen molar-refractivity contribution in [3.63, 3.8) is 0 Å². The molecule has 0 saturated heterocycles. The molecule has 0 unspecified atom stereocenters. The van der Waals surface area contributed by atoms with E-state index in [-0.39, 0.29) is 22.2 Å². The van der Waals surface area contributed by atoms with Crippen LogP contribution in [-0.4, -0.2) is 34.6 Å². The Morgan fingerprint density at radius 1 is 1.47 bits per heavy atom. The largest absolute Gasteiger partial charge is 0.465 e. The molecule has 0 aliphatic rings. The molecular weight excluding hydrogens is 312 g/mol. The number of ether oxygens (including phenoxy) is 1. The highest BCUT2D eigenvalue weighted by molar-refractivity contribution is 7.89. The molecule has 0 spiro atoms. The molecule has 0 radical (unpaired) electrons. The monoisotopic (exact) mass is 328 g/mol. The van der Waals surface area contributed by atoms with Gasteiger partial charge in [-0.05, 0) is 25.5 Å². The smallest absolute Gasteiger partial charge is 0.348 e. The van der Waals surface area contributed by atoms with Gasteiger partial charge in [0.2, 0.25) is 10.0 Å². The molecule has 1 aromatic rings. The fraction of sp³-hybridized carbons (Fsp3) is 0.500. The van der Waals surface area contributed by atoms with Crippen LogP contribution in [0.25, 0.3) is 0 Å². The van der Waals surface area contributed by atoms with Crippen molar-refractivity contribution in [3.8, 4) is 0 Å². The quantitative estimate of drug-likeness (QED) is 0.574. The van der Waals surface area contributed by atoms with Crippen LogP contribution >= 0.6 is 23.7 Å². The van der Waals surface area contributed by atoms with Gasteiger partial charge in [-0.1, -0.05) is 0 Å². The Labute approximate surface area is 122 Å². The van der Waals surface area contributed by atoms with E-state index in [0.717, 1.165) is 17.8 Å². The topological polar surface area (TPSA) is 98.5 Å². The van der Waals surface area contributed by atoms with E-state index in [1.807, 2.05) is 0 Å². The number of sulfonamides is 1. The molecule has 0 aliphatic carbocycles. The van der Waals surface area contributed by atoms with Gasteiger partial charge in [0.25, 0.3) is 0 Å². The van der Waals surface area contributed by atoms with E-state index in [1.54, 1.807) is 0 Å². The van der Waals surface area contributed by atoms with Gasteiger partial charge >= 0.3 is 5.97 Å². The third-order valence-corrected chi connectivity index (χ3v) is 4.70.